The van der Waals surface area contributed by atoms with Gasteiger partial charge in [0.05, 0.1) is 0 Å². The maximum Gasteiger partial charge on any atom is 0.323 e. The summed E-state index contributed by atoms with van der Waals surface area (Å²) in [6, 6.07) is 0.740. The number of carboxylic acid groups (broad SMARTS) is 1. The second kappa shape index (κ2) is 4.28. The Morgan fingerprint density at radius 3 is 2.64 bits per heavy atom. The van der Waals surface area contributed by atoms with E-state index in [0.717, 1.165) is 19.0 Å². The fourth-order valence-corrected chi connectivity index (χ4v) is 1.50. The number of hydrogen-bond donors (Lipinski definition) is 2. The number of nitrogens with two attached hydrogens (primary N) is 1. The minimum absolute atomic E-state index is 0.541. The molecule has 0 amide bonds. The average Bonchev–Trinajstić information content (AvgIpc) is 2.85. The van der Waals surface area contributed by atoms with Crippen LogP contribution in [0.2, 0.25) is 0 Å². The first-order valence-electron chi connectivity index (χ1n) is 5.16. The van der Waals surface area contributed by atoms with Crippen LogP contribution in [0, 0.1) is 0 Å². The van der Waals surface area contributed by atoms with E-state index in [1.807, 2.05) is 0 Å². The van der Waals surface area contributed by atoms with Crippen LogP contribution in [0.1, 0.15) is 32.6 Å². The summed E-state index contributed by atoms with van der Waals surface area (Å²) in [5.41, 5.74) is 4.55. The predicted octanol–water partition coefficient (Wildman–Crippen LogP) is 0.663. The molecule has 1 rings (SSSR count). The van der Waals surface area contributed by atoms with Crippen LogP contribution in [0.15, 0.2) is 0 Å². The van der Waals surface area contributed by atoms with Crippen molar-refractivity contribution in [3.05, 3.63) is 0 Å². The third-order valence-corrected chi connectivity index (χ3v) is 2.87. The van der Waals surface area contributed by atoms with E-state index in [0.29, 0.717) is 6.42 Å². The lowest BCUT2D eigenvalue weighted by Gasteiger charge is -2.21. The Labute approximate surface area is 85.1 Å². The molecule has 1 unspecified atom stereocenters. The summed E-state index contributed by atoms with van der Waals surface area (Å²) in [5, 5.41) is 8.79. The van der Waals surface area contributed by atoms with Gasteiger partial charge in [-0.2, -0.15) is 0 Å². The second-order valence-electron chi connectivity index (χ2n) is 4.54. The number of aliphatic carboxylic acids is 1. The minimum atomic E-state index is -1.07. The molecular weight excluding hydrogens is 180 g/mol. The molecule has 1 fully saturated rings. The lowest BCUT2D eigenvalue weighted by atomic mass is 9.97. The van der Waals surface area contributed by atoms with Gasteiger partial charge in [-0.25, -0.2) is 0 Å². The molecule has 0 heterocycles. The van der Waals surface area contributed by atoms with E-state index >= 15 is 0 Å². The molecule has 0 aliphatic heterocycles. The summed E-state index contributed by atoms with van der Waals surface area (Å²) in [4.78, 5) is 13.0. The van der Waals surface area contributed by atoms with Crippen molar-refractivity contribution in [3.63, 3.8) is 0 Å². The lowest BCUT2D eigenvalue weighted by Crippen LogP contribution is -2.45. The van der Waals surface area contributed by atoms with Crippen molar-refractivity contribution in [2.75, 3.05) is 13.6 Å². The van der Waals surface area contributed by atoms with Crippen molar-refractivity contribution >= 4 is 5.97 Å². The molecule has 82 valence electrons. The van der Waals surface area contributed by atoms with Crippen LogP contribution in [-0.4, -0.2) is 41.1 Å². The molecule has 0 bridgehead atoms. The monoisotopic (exact) mass is 200 g/mol. The molecule has 0 aromatic carbocycles. The van der Waals surface area contributed by atoms with Crippen molar-refractivity contribution in [1.29, 1.82) is 0 Å². The molecule has 14 heavy (non-hydrogen) atoms. The van der Waals surface area contributed by atoms with Gasteiger partial charge in [0.25, 0.3) is 0 Å². The van der Waals surface area contributed by atoms with Crippen molar-refractivity contribution in [2.45, 2.75) is 44.2 Å². The predicted molar refractivity (Wildman–Crippen MR) is 55.1 cm³/mol. The molecule has 0 aromatic rings. The number of hydrogen-bond acceptors (Lipinski definition) is 3. The van der Waals surface area contributed by atoms with Crippen LogP contribution in [-0.2, 0) is 4.79 Å². The van der Waals surface area contributed by atoms with Gasteiger partial charge < -0.3 is 15.7 Å². The normalized spacial score (nSPS) is 20.9. The topological polar surface area (TPSA) is 66.6 Å². The van der Waals surface area contributed by atoms with Gasteiger partial charge in [0, 0.05) is 6.04 Å². The zero-order chi connectivity index (χ0) is 10.8. The van der Waals surface area contributed by atoms with E-state index in [1.54, 1.807) is 6.92 Å². The number of nitrogens with zero attached hydrogens (tertiary/aromatic N) is 1. The average molecular weight is 200 g/mol. The van der Waals surface area contributed by atoms with E-state index in [2.05, 4.69) is 11.9 Å². The molecule has 1 atom stereocenters. The van der Waals surface area contributed by atoms with Gasteiger partial charge in [-0.1, -0.05) is 0 Å². The quantitative estimate of drug-likeness (QED) is 0.661. The van der Waals surface area contributed by atoms with Gasteiger partial charge in [0.1, 0.15) is 5.54 Å². The standard InChI is InChI=1S/C10H20N2O2/c1-10(11,9(13)14)6-3-7-12(2)8-4-5-8/h8H,3-7,11H2,1-2H3,(H,13,14). The highest BCUT2D eigenvalue weighted by Gasteiger charge is 2.29. The summed E-state index contributed by atoms with van der Waals surface area (Å²) in [5.74, 6) is -0.911. The van der Waals surface area contributed by atoms with Crippen molar-refractivity contribution < 1.29 is 9.90 Å². The van der Waals surface area contributed by atoms with Crippen LogP contribution in [0.4, 0.5) is 0 Å². The summed E-state index contributed by atoms with van der Waals surface area (Å²) < 4.78 is 0. The number of carbonyl (C=O) groups is 1. The number of carboxylic acids is 1. The van der Waals surface area contributed by atoms with Crippen LogP contribution in [0.25, 0.3) is 0 Å². The summed E-state index contributed by atoms with van der Waals surface area (Å²) >= 11 is 0. The molecule has 0 spiro atoms. The molecule has 1 aliphatic carbocycles. The number of rotatable bonds is 6. The third kappa shape index (κ3) is 3.27. The van der Waals surface area contributed by atoms with Gasteiger partial charge >= 0.3 is 5.97 Å². The Bertz CT molecular complexity index is 212. The third-order valence-electron chi connectivity index (χ3n) is 2.87. The molecule has 1 aliphatic rings. The van der Waals surface area contributed by atoms with E-state index < -0.39 is 11.5 Å². The molecule has 1 saturated carbocycles. The fraction of sp³-hybridized carbons (Fsp3) is 0.900. The summed E-state index contributed by atoms with van der Waals surface area (Å²) in [6.07, 6.45) is 3.97. The van der Waals surface area contributed by atoms with E-state index in [-0.39, 0.29) is 0 Å². The van der Waals surface area contributed by atoms with Gasteiger partial charge in [0.15, 0.2) is 0 Å². The Morgan fingerprint density at radius 2 is 2.21 bits per heavy atom. The molecule has 0 aromatic heterocycles. The zero-order valence-electron chi connectivity index (χ0n) is 8.99. The van der Waals surface area contributed by atoms with Crippen LogP contribution in [0.5, 0.6) is 0 Å². The first-order chi connectivity index (χ1) is 6.43. The fourth-order valence-electron chi connectivity index (χ4n) is 1.50. The zero-order valence-corrected chi connectivity index (χ0v) is 8.99. The largest absolute Gasteiger partial charge is 0.480 e. The molecule has 4 nitrogen and oxygen atoms in total. The Kier molecular flexibility index (Phi) is 3.50. The van der Waals surface area contributed by atoms with Crippen molar-refractivity contribution in [3.8, 4) is 0 Å². The van der Waals surface area contributed by atoms with Crippen molar-refractivity contribution in [2.24, 2.45) is 5.73 Å². The molecular formula is C10H20N2O2. The van der Waals surface area contributed by atoms with Crippen LogP contribution >= 0.6 is 0 Å². The Morgan fingerprint density at radius 1 is 1.64 bits per heavy atom. The SMILES string of the molecule is CN(CCCC(C)(N)C(=O)O)C1CC1. The van der Waals surface area contributed by atoms with Gasteiger partial charge in [0.2, 0.25) is 0 Å². The highest BCUT2D eigenvalue weighted by atomic mass is 16.4. The first kappa shape index (κ1) is 11.5. The maximum absolute atomic E-state index is 10.7. The Hall–Kier alpha value is -0.610. The first-order valence-corrected chi connectivity index (χ1v) is 5.16. The van der Waals surface area contributed by atoms with Gasteiger partial charge in [-0.15, -0.1) is 0 Å². The minimum Gasteiger partial charge on any atom is -0.480 e. The van der Waals surface area contributed by atoms with Crippen LogP contribution in [0.3, 0.4) is 0 Å². The van der Waals surface area contributed by atoms with Crippen LogP contribution < -0.4 is 5.73 Å². The van der Waals surface area contributed by atoms with Gasteiger partial charge in [-0.05, 0) is 46.2 Å². The summed E-state index contributed by atoms with van der Waals surface area (Å²) in [7, 11) is 2.09. The van der Waals surface area contributed by atoms with E-state index in [4.69, 9.17) is 10.8 Å². The van der Waals surface area contributed by atoms with Gasteiger partial charge in [-0.3, -0.25) is 4.79 Å². The second-order valence-corrected chi connectivity index (χ2v) is 4.54. The molecule has 0 radical (unpaired) electrons. The van der Waals surface area contributed by atoms with E-state index in [1.165, 1.54) is 12.8 Å². The Balaban J connectivity index is 2.16. The molecule has 3 N–H and O–H groups in total. The van der Waals surface area contributed by atoms with E-state index in [9.17, 15) is 4.79 Å². The lowest BCUT2D eigenvalue weighted by molar-refractivity contribution is -0.142. The molecule has 4 heteroatoms. The highest BCUT2D eigenvalue weighted by molar-refractivity contribution is 5.77. The van der Waals surface area contributed by atoms with Crippen molar-refractivity contribution in [1.82, 2.24) is 4.90 Å². The maximum atomic E-state index is 10.7. The summed E-state index contributed by atoms with van der Waals surface area (Å²) in [6.45, 7) is 2.52. The highest BCUT2D eigenvalue weighted by Crippen LogP contribution is 2.25. The smallest absolute Gasteiger partial charge is 0.323 e. The molecule has 0 saturated heterocycles.